The van der Waals surface area contributed by atoms with Gasteiger partial charge >= 0.3 is 12.1 Å². The van der Waals surface area contributed by atoms with Crippen molar-refractivity contribution < 1.29 is 27.4 Å². The van der Waals surface area contributed by atoms with Crippen LogP contribution in [0.2, 0.25) is 0 Å². The summed E-state index contributed by atoms with van der Waals surface area (Å²) >= 11 is 0. The lowest BCUT2D eigenvalue weighted by atomic mass is 10.1. The molecule has 0 saturated heterocycles. The van der Waals surface area contributed by atoms with Crippen LogP contribution in [0.15, 0.2) is 67.1 Å². The van der Waals surface area contributed by atoms with E-state index >= 15 is 0 Å². The zero-order valence-electron chi connectivity index (χ0n) is 16.1. The van der Waals surface area contributed by atoms with Crippen LogP contribution in [-0.4, -0.2) is 28.0 Å². The molecule has 0 atom stereocenters. The molecule has 2 aromatic carbocycles. The van der Waals surface area contributed by atoms with Gasteiger partial charge < -0.3 is 9.47 Å². The lowest BCUT2D eigenvalue weighted by molar-refractivity contribution is -0.137. The van der Waals surface area contributed by atoms with Crippen molar-refractivity contribution in [2.45, 2.75) is 6.18 Å². The van der Waals surface area contributed by atoms with Gasteiger partial charge in [0.2, 0.25) is 5.88 Å². The highest BCUT2D eigenvalue weighted by Crippen LogP contribution is 2.31. The normalized spacial score (nSPS) is 11.4. The molecular formula is C22H14F3N3O3. The monoisotopic (exact) mass is 425 g/mol. The van der Waals surface area contributed by atoms with Crippen LogP contribution in [0.3, 0.4) is 0 Å². The summed E-state index contributed by atoms with van der Waals surface area (Å²) in [4.78, 5) is 24.0. The zero-order valence-corrected chi connectivity index (χ0v) is 16.1. The summed E-state index contributed by atoms with van der Waals surface area (Å²) < 4.78 is 48.7. The molecule has 0 radical (unpaired) electrons. The molecule has 9 heteroatoms. The number of aromatic nitrogens is 3. The van der Waals surface area contributed by atoms with E-state index < -0.39 is 17.7 Å². The second-order valence-electron chi connectivity index (χ2n) is 6.49. The maximum Gasteiger partial charge on any atom is 0.416 e. The Morgan fingerprint density at radius 3 is 2.42 bits per heavy atom. The van der Waals surface area contributed by atoms with Gasteiger partial charge in [-0.25, -0.2) is 14.8 Å². The Morgan fingerprint density at radius 2 is 1.71 bits per heavy atom. The molecule has 4 rings (SSSR count). The molecule has 2 heterocycles. The van der Waals surface area contributed by atoms with Crippen LogP contribution in [0, 0.1) is 0 Å². The Morgan fingerprint density at radius 1 is 0.935 bits per heavy atom. The molecule has 0 N–H and O–H groups in total. The fourth-order valence-electron chi connectivity index (χ4n) is 2.90. The summed E-state index contributed by atoms with van der Waals surface area (Å²) in [5.74, 6) is 0.185. The van der Waals surface area contributed by atoms with Crippen molar-refractivity contribution in [3.05, 3.63) is 78.2 Å². The highest BCUT2D eigenvalue weighted by Gasteiger charge is 2.30. The minimum absolute atomic E-state index is 0.218. The highest BCUT2D eigenvalue weighted by atomic mass is 19.4. The summed E-state index contributed by atoms with van der Waals surface area (Å²) in [6.07, 6.45) is -1.73. The second kappa shape index (κ2) is 8.02. The molecule has 0 unspecified atom stereocenters. The number of methoxy groups -OCH3 is 1. The van der Waals surface area contributed by atoms with Crippen molar-refractivity contribution in [2.24, 2.45) is 0 Å². The van der Waals surface area contributed by atoms with E-state index in [0.717, 1.165) is 17.5 Å². The molecule has 0 saturated carbocycles. The molecule has 31 heavy (non-hydrogen) atoms. The van der Waals surface area contributed by atoms with E-state index in [1.54, 1.807) is 24.3 Å². The van der Waals surface area contributed by atoms with Crippen LogP contribution in [0.25, 0.3) is 22.2 Å². The average Bonchev–Trinajstić information content (AvgIpc) is 2.78. The van der Waals surface area contributed by atoms with E-state index in [2.05, 4.69) is 19.7 Å². The van der Waals surface area contributed by atoms with Crippen LogP contribution in [-0.2, 0) is 10.9 Å². The van der Waals surface area contributed by atoms with Gasteiger partial charge in [-0.1, -0.05) is 12.1 Å². The number of nitrogens with zero attached hydrogens (tertiary/aromatic N) is 3. The number of carbonyl (C=O) groups excluding carboxylic acids is 1. The summed E-state index contributed by atoms with van der Waals surface area (Å²) in [5, 5.41) is 0.725. The van der Waals surface area contributed by atoms with Crippen LogP contribution in [0.1, 0.15) is 15.9 Å². The predicted molar refractivity (Wildman–Crippen MR) is 106 cm³/mol. The number of hydrogen-bond donors (Lipinski definition) is 0. The van der Waals surface area contributed by atoms with E-state index in [-0.39, 0.29) is 5.88 Å². The number of esters is 1. The maximum atomic E-state index is 12.7. The van der Waals surface area contributed by atoms with Crippen molar-refractivity contribution >= 4 is 16.9 Å². The molecule has 0 aliphatic heterocycles. The van der Waals surface area contributed by atoms with E-state index in [0.29, 0.717) is 28.1 Å². The molecule has 0 bridgehead atoms. The van der Waals surface area contributed by atoms with E-state index in [1.807, 2.05) is 0 Å². The van der Waals surface area contributed by atoms with Gasteiger partial charge in [-0.2, -0.15) is 13.2 Å². The minimum atomic E-state index is -4.40. The van der Waals surface area contributed by atoms with Crippen LogP contribution < -0.4 is 4.74 Å². The number of rotatable bonds is 4. The molecule has 0 spiro atoms. The van der Waals surface area contributed by atoms with Crippen LogP contribution in [0.5, 0.6) is 11.6 Å². The van der Waals surface area contributed by atoms with E-state index in [9.17, 15) is 18.0 Å². The molecule has 0 aliphatic carbocycles. The van der Waals surface area contributed by atoms with Crippen molar-refractivity contribution in [1.82, 2.24) is 15.0 Å². The zero-order chi connectivity index (χ0) is 22.0. The van der Waals surface area contributed by atoms with Gasteiger partial charge in [-0.3, -0.25) is 4.98 Å². The van der Waals surface area contributed by atoms with Crippen LogP contribution in [0.4, 0.5) is 13.2 Å². The molecule has 4 aromatic rings. The topological polar surface area (TPSA) is 74.2 Å². The molecule has 0 fully saturated rings. The number of pyridine rings is 1. The largest absolute Gasteiger partial charge is 0.465 e. The number of alkyl halides is 3. The standard InChI is InChI=1S/C22H14F3N3O3/c1-30-21(29)15-8-14-4-7-17(9-18(14)26-11-15)31-20-10-19(27-12-28-20)13-2-5-16(6-3-13)22(23,24)25/h2-12H,1H3. The Labute approximate surface area is 174 Å². The summed E-state index contributed by atoms with van der Waals surface area (Å²) in [7, 11) is 1.30. The van der Waals surface area contributed by atoms with Gasteiger partial charge in [-0.05, 0) is 30.3 Å². The van der Waals surface area contributed by atoms with Gasteiger partial charge in [-0.15, -0.1) is 0 Å². The summed E-state index contributed by atoms with van der Waals surface area (Å²) in [6.45, 7) is 0. The Bertz CT molecular complexity index is 1260. The lowest BCUT2D eigenvalue weighted by Crippen LogP contribution is -2.04. The Hall–Kier alpha value is -4.01. The van der Waals surface area contributed by atoms with Gasteiger partial charge in [0.25, 0.3) is 0 Å². The number of ether oxygens (including phenoxy) is 2. The molecule has 0 aliphatic rings. The fraction of sp³-hybridized carbons (Fsp3) is 0.0909. The Kier molecular flexibility index (Phi) is 5.24. The molecule has 2 aromatic heterocycles. The van der Waals surface area contributed by atoms with Crippen molar-refractivity contribution in [1.29, 1.82) is 0 Å². The van der Waals surface area contributed by atoms with Gasteiger partial charge in [0.15, 0.2) is 0 Å². The number of hydrogen-bond acceptors (Lipinski definition) is 6. The molecule has 6 nitrogen and oxygen atoms in total. The second-order valence-corrected chi connectivity index (χ2v) is 6.49. The molecule has 0 amide bonds. The van der Waals surface area contributed by atoms with Gasteiger partial charge in [0.1, 0.15) is 12.1 Å². The maximum absolute atomic E-state index is 12.7. The minimum Gasteiger partial charge on any atom is -0.465 e. The first-order valence-corrected chi connectivity index (χ1v) is 8.99. The van der Waals surface area contributed by atoms with Gasteiger partial charge in [0.05, 0.1) is 29.4 Å². The molecular weight excluding hydrogens is 411 g/mol. The predicted octanol–water partition coefficient (Wildman–Crippen LogP) is 5.29. The van der Waals surface area contributed by atoms with Crippen molar-refractivity contribution in [3.8, 4) is 22.9 Å². The first-order valence-electron chi connectivity index (χ1n) is 8.99. The summed E-state index contributed by atoms with van der Waals surface area (Å²) in [6, 6.07) is 13.0. The molecule has 156 valence electrons. The SMILES string of the molecule is COC(=O)c1cnc2cc(Oc3cc(-c4ccc(C(F)(F)F)cc4)ncn3)ccc2c1. The first kappa shape index (κ1) is 20.3. The third-order valence-electron chi connectivity index (χ3n) is 4.45. The smallest absolute Gasteiger partial charge is 0.416 e. The highest BCUT2D eigenvalue weighted by molar-refractivity contribution is 5.93. The van der Waals surface area contributed by atoms with Gasteiger partial charge in [0, 0.05) is 29.3 Å². The van der Waals surface area contributed by atoms with Crippen molar-refractivity contribution in [3.63, 3.8) is 0 Å². The third kappa shape index (κ3) is 4.45. The third-order valence-corrected chi connectivity index (χ3v) is 4.45. The quantitative estimate of drug-likeness (QED) is 0.414. The number of halogens is 3. The lowest BCUT2D eigenvalue weighted by Gasteiger charge is -2.09. The number of benzene rings is 2. The first-order chi connectivity index (χ1) is 14.8. The Balaban J connectivity index is 1.57. The van der Waals surface area contributed by atoms with E-state index in [1.165, 1.54) is 37.8 Å². The fourth-order valence-corrected chi connectivity index (χ4v) is 2.90. The number of carbonyl (C=O) groups is 1. The van der Waals surface area contributed by atoms with Crippen molar-refractivity contribution in [2.75, 3.05) is 7.11 Å². The number of fused-ring (bicyclic) bond motifs is 1. The summed E-state index contributed by atoms with van der Waals surface area (Å²) in [5.41, 5.74) is 1.11. The van der Waals surface area contributed by atoms with E-state index in [4.69, 9.17) is 4.74 Å². The average molecular weight is 425 g/mol. The van der Waals surface area contributed by atoms with Crippen LogP contribution >= 0.6 is 0 Å².